The molecular weight excluding hydrogens is 240 g/mol. The standard InChI is InChI=1S/C15H12N2O2/c16-14(13-3-1-2-6-17-13)15(18)10-4-5-11-8-19-9-12(11)7-10/h1-7,16H,8-9H2. The van der Waals surface area contributed by atoms with Crippen molar-refractivity contribution in [3.05, 3.63) is 65.0 Å². The zero-order valence-electron chi connectivity index (χ0n) is 10.2. The molecule has 0 saturated carbocycles. The SMILES string of the molecule is N=C(C(=O)c1ccc2c(c1)COC2)c1ccccn1. The van der Waals surface area contributed by atoms with Crippen LogP contribution in [0.1, 0.15) is 27.2 Å². The molecule has 0 amide bonds. The minimum Gasteiger partial charge on any atom is -0.372 e. The van der Waals surface area contributed by atoms with Gasteiger partial charge in [0, 0.05) is 11.8 Å². The van der Waals surface area contributed by atoms with Gasteiger partial charge < -0.3 is 4.74 Å². The number of ether oxygens (including phenoxy) is 1. The fourth-order valence-electron chi connectivity index (χ4n) is 2.08. The smallest absolute Gasteiger partial charge is 0.212 e. The van der Waals surface area contributed by atoms with E-state index in [1.54, 1.807) is 30.5 Å². The monoisotopic (exact) mass is 252 g/mol. The number of fused-ring (bicyclic) bond motifs is 1. The number of carbonyl (C=O) groups is 1. The van der Waals surface area contributed by atoms with Crippen molar-refractivity contribution < 1.29 is 9.53 Å². The molecule has 2 aromatic rings. The third-order valence-corrected chi connectivity index (χ3v) is 3.13. The van der Waals surface area contributed by atoms with Gasteiger partial charge in [-0.05, 0) is 29.3 Å². The van der Waals surface area contributed by atoms with Gasteiger partial charge in [-0.1, -0.05) is 18.2 Å². The van der Waals surface area contributed by atoms with Gasteiger partial charge in [0.15, 0.2) is 0 Å². The first-order valence-corrected chi connectivity index (χ1v) is 6.00. The Morgan fingerprint density at radius 1 is 1.16 bits per heavy atom. The normalized spacial score (nSPS) is 13.1. The van der Waals surface area contributed by atoms with Crippen molar-refractivity contribution in [2.24, 2.45) is 0 Å². The van der Waals surface area contributed by atoms with Crippen LogP contribution in [-0.2, 0) is 18.0 Å². The molecule has 0 radical (unpaired) electrons. The van der Waals surface area contributed by atoms with Crippen molar-refractivity contribution in [2.45, 2.75) is 13.2 Å². The van der Waals surface area contributed by atoms with Crippen LogP contribution in [-0.4, -0.2) is 16.5 Å². The summed E-state index contributed by atoms with van der Waals surface area (Å²) in [5.74, 6) is -0.312. The minimum atomic E-state index is -0.312. The van der Waals surface area contributed by atoms with Gasteiger partial charge in [0.2, 0.25) is 5.78 Å². The van der Waals surface area contributed by atoms with Gasteiger partial charge in [-0.25, -0.2) is 0 Å². The van der Waals surface area contributed by atoms with Crippen LogP contribution in [0.5, 0.6) is 0 Å². The summed E-state index contributed by atoms with van der Waals surface area (Å²) in [7, 11) is 0. The molecule has 0 fully saturated rings. The van der Waals surface area contributed by atoms with E-state index < -0.39 is 0 Å². The number of carbonyl (C=O) groups excluding carboxylic acids is 1. The van der Waals surface area contributed by atoms with E-state index in [1.807, 2.05) is 12.1 Å². The molecular formula is C15H12N2O2. The van der Waals surface area contributed by atoms with Crippen LogP contribution in [0.2, 0.25) is 0 Å². The Balaban J connectivity index is 1.90. The first-order valence-electron chi connectivity index (χ1n) is 6.00. The molecule has 4 heteroatoms. The number of nitrogens with zero attached hydrogens (tertiary/aromatic N) is 1. The topological polar surface area (TPSA) is 63.0 Å². The zero-order valence-corrected chi connectivity index (χ0v) is 10.2. The average molecular weight is 252 g/mol. The molecule has 1 aliphatic heterocycles. The van der Waals surface area contributed by atoms with Crippen LogP contribution in [0.25, 0.3) is 0 Å². The van der Waals surface area contributed by atoms with Gasteiger partial charge >= 0.3 is 0 Å². The van der Waals surface area contributed by atoms with Crippen molar-refractivity contribution in [1.29, 1.82) is 5.41 Å². The van der Waals surface area contributed by atoms with E-state index in [1.165, 1.54) is 0 Å². The van der Waals surface area contributed by atoms with E-state index in [0.29, 0.717) is 24.5 Å². The zero-order chi connectivity index (χ0) is 13.2. The first kappa shape index (κ1) is 11.7. The molecule has 0 atom stereocenters. The van der Waals surface area contributed by atoms with Crippen LogP contribution >= 0.6 is 0 Å². The molecule has 1 N–H and O–H groups in total. The van der Waals surface area contributed by atoms with Crippen LogP contribution in [0, 0.1) is 5.41 Å². The number of nitrogens with one attached hydrogen (secondary N) is 1. The van der Waals surface area contributed by atoms with Crippen LogP contribution < -0.4 is 0 Å². The van der Waals surface area contributed by atoms with E-state index in [-0.39, 0.29) is 11.5 Å². The Morgan fingerprint density at radius 2 is 2.00 bits per heavy atom. The molecule has 4 nitrogen and oxygen atoms in total. The molecule has 1 aliphatic rings. The number of benzene rings is 1. The van der Waals surface area contributed by atoms with Crippen molar-refractivity contribution in [3.63, 3.8) is 0 Å². The summed E-state index contributed by atoms with van der Waals surface area (Å²) in [6.07, 6.45) is 1.58. The van der Waals surface area contributed by atoms with Crippen molar-refractivity contribution in [1.82, 2.24) is 4.98 Å². The minimum absolute atomic E-state index is 0.0838. The lowest BCUT2D eigenvalue weighted by molar-refractivity contribution is 0.106. The Morgan fingerprint density at radius 3 is 2.79 bits per heavy atom. The number of hydrogen-bond donors (Lipinski definition) is 1. The largest absolute Gasteiger partial charge is 0.372 e. The van der Waals surface area contributed by atoms with Gasteiger partial charge in [-0.3, -0.25) is 15.2 Å². The van der Waals surface area contributed by atoms with E-state index in [9.17, 15) is 4.79 Å². The number of pyridine rings is 1. The van der Waals surface area contributed by atoms with Crippen molar-refractivity contribution >= 4 is 11.5 Å². The van der Waals surface area contributed by atoms with E-state index in [2.05, 4.69) is 4.98 Å². The molecule has 3 rings (SSSR count). The highest BCUT2D eigenvalue weighted by molar-refractivity contribution is 6.49. The number of ketones is 1. The maximum atomic E-state index is 12.2. The summed E-state index contributed by atoms with van der Waals surface area (Å²) < 4.78 is 5.32. The van der Waals surface area contributed by atoms with Crippen LogP contribution in [0.15, 0.2) is 42.6 Å². The third kappa shape index (κ3) is 2.18. The Bertz CT molecular complexity index is 650. The predicted molar refractivity (Wildman–Crippen MR) is 70.3 cm³/mol. The highest BCUT2D eigenvalue weighted by Gasteiger charge is 2.18. The first-order chi connectivity index (χ1) is 9.25. The second-order valence-corrected chi connectivity index (χ2v) is 4.40. The molecule has 1 aromatic heterocycles. The quantitative estimate of drug-likeness (QED) is 0.673. The summed E-state index contributed by atoms with van der Waals surface area (Å²) >= 11 is 0. The third-order valence-electron chi connectivity index (χ3n) is 3.13. The summed E-state index contributed by atoms with van der Waals surface area (Å²) in [4.78, 5) is 16.3. The second kappa shape index (κ2) is 4.74. The highest BCUT2D eigenvalue weighted by atomic mass is 16.5. The molecule has 0 spiro atoms. The number of rotatable bonds is 3. The lowest BCUT2D eigenvalue weighted by Crippen LogP contribution is -2.16. The summed E-state index contributed by atoms with van der Waals surface area (Å²) in [6.45, 7) is 1.13. The molecule has 19 heavy (non-hydrogen) atoms. The maximum Gasteiger partial charge on any atom is 0.212 e. The highest BCUT2D eigenvalue weighted by Crippen LogP contribution is 2.21. The van der Waals surface area contributed by atoms with E-state index >= 15 is 0 Å². The van der Waals surface area contributed by atoms with Gasteiger partial charge in [0.25, 0.3) is 0 Å². The van der Waals surface area contributed by atoms with Gasteiger partial charge in [0.05, 0.1) is 18.9 Å². The van der Waals surface area contributed by atoms with Gasteiger partial charge in [0.1, 0.15) is 5.71 Å². The van der Waals surface area contributed by atoms with E-state index in [0.717, 1.165) is 11.1 Å². The number of aromatic nitrogens is 1. The molecule has 0 saturated heterocycles. The average Bonchev–Trinajstić information content (AvgIpc) is 2.94. The lowest BCUT2D eigenvalue weighted by atomic mass is 10.00. The molecule has 94 valence electrons. The molecule has 0 bridgehead atoms. The maximum absolute atomic E-state index is 12.2. The number of Topliss-reactive ketones (excluding diaryl/α,β-unsaturated/α-hetero) is 1. The summed E-state index contributed by atoms with van der Waals surface area (Å²) in [5.41, 5.74) is 2.96. The van der Waals surface area contributed by atoms with Crippen LogP contribution in [0.4, 0.5) is 0 Å². The summed E-state index contributed by atoms with van der Waals surface area (Å²) in [6, 6.07) is 10.6. The Kier molecular flexibility index (Phi) is 2.93. The fraction of sp³-hybridized carbons (Fsp3) is 0.133. The Labute approximate surface area is 110 Å². The van der Waals surface area contributed by atoms with Crippen LogP contribution in [0.3, 0.4) is 0 Å². The lowest BCUT2D eigenvalue weighted by Gasteiger charge is -2.04. The molecule has 0 unspecified atom stereocenters. The second-order valence-electron chi connectivity index (χ2n) is 4.40. The molecule has 0 aliphatic carbocycles. The van der Waals surface area contributed by atoms with Crippen molar-refractivity contribution in [3.8, 4) is 0 Å². The fourth-order valence-corrected chi connectivity index (χ4v) is 2.08. The van der Waals surface area contributed by atoms with Crippen molar-refractivity contribution in [2.75, 3.05) is 0 Å². The molecule has 2 heterocycles. The Hall–Kier alpha value is -2.33. The predicted octanol–water partition coefficient (Wildman–Crippen LogP) is 2.36. The van der Waals surface area contributed by atoms with Gasteiger partial charge in [-0.15, -0.1) is 0 Å². The summed E-state index contributed by atoms with van der Waals surface area (Å²) in [5, 5.41) is 7.93. The van der Waals surface area contributed by atoms with Gasteiger partial charge in [-0.2, -0.15) is 0 Å². The number of hydrogen-bond acceptors (Lipinski definition) is 4. The molecule has 1 aromatic carbocycles. The van der Waals surface area contributed by atoms with E-state index in [4.69, 9.17) is 10.1 Å².